The minimum absolute atomic E-state index is 0.335. The van der Waals surface area contributed by atoms with Crippen LogP contribution in [0.2, 0.25) is 0 Å². The van der Waals surface area contributed by atoms with Gasteiger partial charge in [-0.15, -0.1) is 0 Å². The quantitative estimate of drug-likeness (QED) is 0.669. The Kier molecular flexibility index (Phi) is 4.71. The standard InChI is InChI=1S/C17H22N4O2/c1-18-17(19-13-14-5-4-12-23-14)21-10-8-20(9-11-21)15-6-2-3-7-16(15)22/h2-7,12,22H,8-11,13H2,1H3,(H,18,19). The van der Waals surface area contributed by atoms with Gasteiger partial charge in [-0.25, -0.2) is 0 Å². The Labute approximate surface area is 136 Å². The van der Waals surface area contributed by atoms with Crippen LogP contribution in [0.4, 0.5) is 5.69 Å². The number of piperazine rings is 1. The number of aromatic hydroxyl groups is 1. The zero-order chi connectivity index (χ0) is 16.1. The summed E-state index contributed by atoms with van der Waals surface area (Å²) in [6.07, 6.45) is 1.67. The number of guanidine groups is 1. The molecule has 6 nitrogen and oxygen atoms in total. The van der Waals surface area contributed by atoms with Crippen LogP contribution in [0.1, 0.15) is 5.76 Å². The monoisotopic (exact) mass is 314 g/mol. The van der Waals surface area contributed by atoms with Gasteiger partial charge in [0.1, 0.15) is 11.5 Å². The lowest BCUT2D eigenvalue weighted by Crippen LogP contribution is -2.52. The number of para-hydroxylation sites is 2. The third-order valence-corrected chi connectivity index (χ3v) is 4.01. The van der Waals surface area contributed by atoms with E-state index in [1.165, 1.54) is 0 Å². The van der Waals surface area contributed by atoms with Gasteiger partial charge in [0, 0.05) is 33.2 Å². The number of rotatable bonds is 3. The van der Waals surface area contributed by atoms with Gasteiger partial charge < -0.3 is 24.6 Å². The van der Waals surface area contributed by atoms with Crippen molar-refractivity contribution in [1.82, 2.24) is 10.2 Å². The molecule has 0 aliphatic carbocycles. The lowest BCUT2D eigenvalue weighted by Gasteiger charge is -2.37. The SMILES string of the molecule is CN=C(NCc1ccco1)N1CCN(c2ccccc2O)CC1. The molecule has 1 aliphatic heterocycles. The summed E-state index contributed by atoms with van der Waals surface area (Å²) in [5, 5.41) is 13.3. The highest BCUT2D eigenvalue weighted by Crippen LogP contribution is 2.27. The van der Waals surface area contributed by atoms with Crippen molar-refractivity contribution in [2.45, 2.75) is 6.54 Å². The average molecular weight is 314 g/mol. The van der Waals surface area contributed by atoms with E-state index in [-0.39, 0.29) is 0 Å². The molecule has 6 heteroatoms. The molecule has 1 aromatic heterocycles. The van der Waals surface area contributed by atoms with Gasteiger partial charge in [-0.05, 0) is 24.3 Å². The smallest absolute Gasteiger partial charge is 0.194 e. The summed E-state index contributed by atoms with van der Waals surface area (Å²) in [7, 11) is 1.79. The minimum Gasteiger partial charge on any atom is -0.506 e. The molecule has 122 valence electrons. The minimum atomic E-state index is 0.335. The van der Waals surface area contributed by atoms with Crippen LogP contribution in [0.25, 0.3) is 0 Å². The largest absolute Gasteiger partial charge is 0.506 e. The summed E-state index contributed by atoms with van der Waals surface area (Å²) in [6.45, 7) is 4.02. The molecule has 1 saturated heterocycles. The highest BCUT2D eigenvalue weighted by molar-refractivity contribution is 5.80. The van der Waals surface area contributed by atoms with E-state index in [0.717, 1.165) is 43.6 Å². The number of phenolic OH excluding ortho intramolecular Hbond substituents is 1. The molecule has 2 aromatic rings. The fourth-order valence-corrected chi connectivity index (χ4v) is 2.80. The van der Waals surface area contributed by atoms with Gasteiger partial charge >= 0.3 is 0 Å². The van der Waals surface area contributed by atoms with Crippen molar-refractivity contribution in [3.05, 3.63) is 48.4 Å². The molecule has 3 rings (SSSR count). The average Bonchev–Trinajstić information content (AvgIpc) is 3.10. The predicted octanol–water partition coefficient (Wildman–Crippen LogP) is 1.88. The summed E-state index contributed by atoms with van der Waals surface area (Å²) in [5.41, 5.74) is 0.894. The zero-order valence-corrected chi connectivity index (χ0v) is 13.3. The summed E-state index contributed by atoms with van der Waals surface area (Å²) in [4.78, 5) is 8.77. The molecular weight excluding hydrogens is 292 g/mol. The number of benzene rings is 1. The zero-order valence-electron chi connectivity index (χ0n) is 13.3. The van der Waals surface area contributed by atoms with E-state index in [1.807, 2.05) is 30.3 Å². The van der Waals surface area contributed by atoms with Crippen LogP contribution in [0, 0.1) is 0 Å². The van der Waals surface area contributed by atoms with Crippen LogP contribution >= 0.6 is 0 Å². The van der Waals surface area contributed by atoms with Crippen molar-refractivity contribution in [2.24, 2.45) is 4.99 Å². The maximum absolute atomic E-state index is 9.97. The van der Waals surface area contributed by atoms with Crippen LogP contribution in [-0.2, 0) is 6.54 Å². The second-order valence-corrected chi connectivity index (χ2v) is 5.44. The number of nitrogens with zero attached hydrogens (tertiary/aromatic N) is 3. The topological polar surface area (TPSA) is 64.2 Å². The predicted molar refractivity (Wildman–Crippen MR) is 90.8 cm³/mol. The van der Waals surface area contributed by atoms with Crippen LogP contribution < -0.4 is 10.2 Å². The number of phenols is 1. The van der Waals surface area contributed by atoms with Gasteiger partial charge in [0.2, 0.25) is 0 Å². The molecule has 1 fully saturated rings. The Hall–Kier alpha value is -2.63. The molecule has 1 aromatic carbocycles. The van der Waals surface area contributed by atoms with E-state index in [4.69, 9.17) is 4.42 Å². The molecule has 23 heavy (non-hydrogen) atoms. The Morgan fingerprint density at radius 3 is 2.61 bits per heavy atom. The Morgan fingerprint density at radius 1 is 1.17 bits per heavy atom. The second kappa shape index (κ2) is 7.09. The Bertz CT molecular complexity index is 646. The first kappa shape index (κ1) is 15.3. The van der Waals surface area contributed by atoms with Crippen molar-refractivity contribution in [1.29, 1.82) is 0 Å². The fraction of sp³-hybridized carbons (Fsp3) is 0.353. The summed E-state index contributed by atoms with van der Waals surface area (Å²) >= 11 is 0. The second-order valence-electron chi connectivity index (χ2n) is 5.44. The summed E-state index contributed by atoms with van der Waals surface area (Å²) < 4.78 is 5.33. The first-order chi connectivity index (χ1) is 11.3. The fourth-order valence-electron chi connectivity index (χ4n) is 2.80. The Morgan fingerprint density at radius 2 is 1.96 bits per heavy atom. The molecule has 0 saturated carbocycles. The van der Waals surface area contributed by atoms with E-state index in [1.54, 1.807) is 19.4 Å². The first-order valence-electron chi connectivity index (χ1n) is 7.79. The van der Waals surface area contributed by atoms with Gasteiger partial charge in [0.25, 0.3) is 0 Å². The van der Waals surface area contributed by atoms with Gasteiger partial charge in [0.05, 0.1) is 18.5 Å². The number of furan rings is 1. The number of nitrogens with one attached hydrogen (secondary N) is 1. The third kappa shape index (κ3) is 3.59. The van der Waals surface area contributed by atoms with Crippen molar-refractivity contribution in [2.75, 3.05) is 38.1 Å². The number of anilines is 1. The van der Waals surface area contributed by atoms with Crippen molar-refractivity contribution in [3.63, 3.8) is 0 Å². The van der Waals surface area contributed by atoms with Crippen molar-refractivity contribution in [3.8, 4) is 5.75 Å². The van der Waals surface area contributed by atoms with Gasteiger partial charge in [0.15, 0.2) is 5.96 Å². The normalized spacial score (nSPS) is 15.8. The summed E-state index contributed by atoms with van der Waals surface area (Å²) in [6, 6.07) is 11.3. The van der Waals surface area contributed by atoms with Gasteiger partial charge in [-0.3, -0.25) is 4.99 Å². The number of hydrogen-bond acceptors (Lipinski definition) is 4. The van der Waals surface area contributed by atoms with E-state index >= 15 is 0 Å². The first-order valence-corrected chi connectivity index (χ1v) is 7.79. The molecule has 0 bridgehead atoms. The van der Waals surface area contributed by atoms with Gasteiger partial charge in [-0.2, -0.15) is 0 Å². The van der Waals surface area contributed by atoms with E-state index < -0.39 is 0 Å². The number of hydrogen-bond donors (Lipinski definition) is 2. The number of aliphatic imine (C=N–C) groups is 1. The van der Waals surface area contributed by atoms with E-state index in [9.17, 15) is 5.11 Å². The van der Waals surface area contributed by atoms with Crippen molar-refractivity contribution >= 4 is 11.6 Å². The van der Waals surface area contributed by atoms with Crippen LogP contribution in [0.5, 0.6) is 5.75 Å². The van der Waals surface area contributed by atoms with E-state index in [2.05, 4.69) is 20.1 Å². The van der Waals surface area contributed by atoms with Crippen LogP contribution in [-0.4, -0.2) is 49.2 Å². The molecule has 0 spiro atoms. The maximum Gasteiger partial charge on any atom is 0.194 e. The Balaban J connectivity index is 1.56. The highest BCUT2D eigenvalue weighted by Gasteiger charge is 2.21. The lowest BCUT2D eigenvalue weighted by molar-refractivity contribution is 0.367. The molecule has 0 radical (unpaired) electrons. The molecular formula is C17H22N4O2. The third-order valence-electron chi connectivity index (χ3n) is 4.01. The van der Waals surface area contributed by atoms with Crippen molar-refractivity contribution < 1.29 is 9.52 Å². The summed E-state index contributed by atoms with van der Waals surface area (Å²) in [5.74, 6) is 2.10. The molecule has 2 N–H and O–H groups in total. The van der Waals surface area contributed by atoms with Gasteiger partial charge in [-0.1, -0.05) is 12.1 Å². The molecule has 1 aliphatic rings. The highest BCUT2D eigenvalue weighted by atomic mass is 16.3. The lowest BCUT2D eigenvalue weighted by atomic mass is 10.2. The maximum atomic E-state index is 9.97. The molecule has 0 atom stereocenters. The molecule has 0 unspecified atom stereocenters. The van der Waals surface area contributed by atoms with E-state index in [0.29, 0.717) is 12.3 Å². The molecule has 2 heterocycles. The van der Waals surface area contributed by atoms with Crippen LogP contribution in [0.15, 0.2) is 52.1 Å². The van der Waals surface area contributed by atoms with Crippen LogP contribution in [0.3, 0.4) is 0 Å². The molecule has 0 amide bonds.